The van der Waals surface area contributed by atoms with E-state index in [-0.39, 0.29) is 12.1 Å². The van der Waals surface area contributed by atoms with Crippen LogP contribution in [-0.4, -0.2) is 24.8 Å². The molecule has 0 unspecified atom stereocenters. The molecule has 0 aromatic heterocycles. The second-order valence-electron chi connectivity index (χ2n) is 5.42. The summed E-state index contributed by atoms with van der Waals surface area (Å²) < 4.78 is 29.0. The number of anilines is 1. The van der Waals surface area contributed by atoms with E-state index < -0.39 is 10.2 Å². The maximum atomic E-state index is 12.3. The number of nitrogens with zero attached hydrogens (tertiary/aromatic N) is 1. The van der Waals surface area contributed by atoms with Gasteiger partial charge >= 0.3 is 0 Å². The van der Waals surface area contributed by atoms with Crippen molar-refractivity contribution in [3.63, 3.8) is 0 Å². The Morgan fingerprint density at radius 3 is 2.58 bits per heavy atom. The molecule has 104 valence electrons. The van der Waals surface area contributed by atoms with E-state index in [9.17, 15) is 8.42 Å². The summed E-state index contributed by atoms with van der Waals surface area (Å²) in [5.74, 6) is 0. The molecule has 6 heteroatoms. The first-order valence-corrected chi connectivity index (χ1v) is 8.12. The van der Waals surface area contributed by atoms with E-state index in [0.29, 0.717) is 12.2 Å². The van der Waals surface area contributed by atoms with Gasteiger partial charge in [-0.05, 0) is 43.4 Å². The van der Waals surface area contributed by atoms with Crippen LogP contribution in [-0.2, 0) is 16.8 Å². The van der Waals surface area contributed by atoms with Gasteiger partial charge in [0, 0.05) is 24.3 Å². The molecule has 1 aromatic rings. The zero-order chi connectivity index (χ0) is 13.5. The quantitative estimate of drug-likeness (QED) is 0.770. The van der Waals surface area contributed by atoms with E-state index in [0.717, 1.165) is 31.2 Å². The van der Waals surface area contributed by atoms with Crippen molar-refractivity contribution in [3.05, 3.63) is 29.8 Å². The fourth-order valence-electron chi connectivity index (χ4n) is 2.12. The summed E-state index contributed by atoms with van der Waals surface area (Å²) in [6, 6.07) is 7.71. The molecule has 0 radical (unpaired) electrons. The van der Waals surface area contributed by atoms with Gasteiger partial charge in [-0.15, -0.1) is 0 Å². The van der Waals surface area contributed by atoms with Crippen LogP contribution in [0.4, 0.5) is 5.69 Å². The molecular weight excluding hydrogens is 262 g/mol. The predicted octanol–water partition coefficient (Wildman–Crippen LogP) is 1.23. The number of rotatable bonds is 6. The van der Waals surface area contributed by atoms with Crippen molar-refractivity contribution in [2.45, 2.75) is 44.3 Å². The van der Waals surface area contributed by atoms with Gasteiger partial charge in [-0.2, -0.15) is 17.4 Å². The Morgan fingerprint density at radius 1 is 1.26 bits per heavy atom. The average molecular weight is 281 g/mol. The molecule has 5 nitrogen and oxygen atoms in total. The van der Waals surface area contributed by atoms with Crippen LogP contribution in [0.15, 0.2) is 24.3 Å². The lowest BCUT2D eigenvalue weighted by molar-refractivity contribution is 0.390. The molecule has 1 aromatic carbocycles. The van der Waals surface area contributed by atoms with Crippen LogP contribution in [0.1, 0.15) is 31.2 Å². The fourth-order valence-corrected chi connectivity index (χ4v) is 3.84. The molecule has 2 fully saturated rings. The zero-order valence-electron chi connectivity index (χ0n) is 10.7. The first-order chi connectivity index (χ1) is 9.04. The van der Waals surface area contributed by atoms with Gasteiger partial charge in [-0.25, -0.2) is 0 Å². The summed E-state index contributed by atoms with van der Waals surface area (Å²) in [5.41, 5.74) is 7.35. The van der Waals surface area contributed by atoms with E-state index in [1.54, 1.807) is 4.31 Å². The number of nitrogen functional groups attached to an aromatic ring is 1. The van der Waals surface area contributed by atoms with Crippen LogP contribution in [0.2, 0.25) is 0 Å². The Hall–Kier alpha value is -1.11. The van der Waals surface area contributed by atoms with Gasteiger partial charge in [-0.1, -0.05) is 12.1 Å². The molecule has 2 aliphatic rings. The molecular formula is C13H19N3O2S. The normalized spacial score (nSPS) is 19.8. The monoisotopic (exact) mass is 281 g/mol. The maximum absolute atomic E-state index is 12.3. The van der Waals surface area contributed by atoms with Gasteiger partial charge in [0.05, 0.1) is 0 Å². The predicted molar refractivity (Wildman–Crippen MR) is 74.5 cm³/mol. The molecule has 0 bridgehead atoms. The molecule has 2 aliphatic carbocycles. The van der Waals surface area contributed by atoms with Crippen molar-refractivity contribution >= 4 is 15.9 Å². The summed E-state index contributed by atoms with van der Waals surface area (Å²) in [5, 5.41) is 0. The minimum Gasteiger partial charge on any atom is -0.399 e. The smallest absolute Gasteiger partial charge is 0.280 e. The van der Waals surface area contributed by atoms with Crippen LogP contribution < -0.4 is 10.5 Å². The van der Waals surface area contributed by atoms with Gasteiger partial charge in [0.1, 0.15) is 0 Å². The Labute approximate surface area is 114 Å². The molecule has 0 heterocycles. The highest BCUT2D eigenvalue weighted by atomic mass is 32.2. The number of nitrogens with one attached hydrogen (secondary N) is 1. The molecule has 2 saturated carbocycles. The Morgan fingerprint density at radius 2 is 2.00 bits per heavy atom. The van der Waals surface area contributed by atoms with Gasteiger partial charge in [0.15, 0.2) is 0 Å². The van der Waals surface area contributed by atoms with Crippen LogP contribution in [0.3, 0.4) is 0 Å². The van der Waals surface area contributed by atoms with Gasteiger partial charge < -0.3 is 5.73 Å². The third-order valence-corrected chi connectivity index (χ3v) is 5.12. The Kier molecular flexibility index (Phi) is 3.24. The number of benzene rings is 1. The topological polar surface area (TPSA) is 75.4 Å². The van der Waals surface area contributed by atoms with Crippen LogP contribution in [0, 0.1) is 0 Å². The molecule has 0 spiro atoms. The highest BCUT2D eigenvalue weighted by Crippen LogP contribution is 2.32. The summed E-state index contributed by atoms with van der Waals surface area (Å²) in [6.45, 7) is 0.401. The van der Waals surface area contributed by atoms with Crippen molar-refractivity contribution in [2.24, 2.45) is 0 Å². The minimum absolute atomic E-state index is 0.145. The summed E-state index contributed by atoms with van der Waals surface area (Å²) in [7, 11) is -3.36. The number of hydrogen-bond donors (Lipinski definition) is 2. The van der Waals surface area contributed by atoms with Crippen LogP contribution in [0.25, 0.3) is 0 Å². The van der Waals surface area contributed by atoms with Gasteiger partial charge in [-0.3, -0.25) is 0 Å². The largest absolute Gasteiger partial charge is 0.399 e. The van der Waals surface area contributed by atoms with E-state index in [1.807, 2.05) is 24.3 Å². The molecule has 3 N–H and O–H groups in total. The first kappa shape index (κ1) is 12.9. The number of nitrogens with two attached hydrogens (primary N) is 1. The summed E-state index contributed by atoms with van der Waals surface area (Å²) in [4.78, 5) is 0. The lowest BCUT2D eigenvalue weighted by Crippen LogP contribution is -2.42. The Bertz CT molecular complexity index is 565. The average Bonchev–Trinajstić information content (AvgIpc) is 3.19. The van der Waals surface area contributed by atoms with Gasteiger partial charge in [0.25, 0.3) is 10.2 Å². The lowest BCUT2D eigenvalue weighted by Gasteiger charge is -2.22. The standard InChI is InChI=1S/C13H19N3O2S/c14-11-3-1-2-10(8-11)9-16(13-6-7-13)19(17,18)15-12-4-5-12/h1-3,8,12-13,15H,4-7,9,14H2. The molecule has 3 rings (SSSR count). The third-order valence-electron chi connectivity index (χ3n) is 3.45. The van der Waals surface area contributed by atoms with E-state index >= 15 is 0 Å². The van der Waals surface area contributed by atoms with E-state index in [2.05, 4.69) is 4.72 Å². The molecule has 0 aliphatic heterocycles. The van der Waals surface area contributed by atoms with Crippen molar-refractivity contribution in [3.8, 4) is 0 Å². The SMILES string of the molecule is Nc1cccc(CN(C2CC2)S(=O)(=O)NC2CC2)c1. The number of hydrogen-bond acceptors (Lipinski definition) is 3. The summed E-state index contributed by atoms with van der Waals surface area (Å²) in [6.07, 6.45) is 3.81. The van der Waals surface area contributed by atoms with Crippen molar-refractivity contribution < 1.29 is 8.42 Å². The fraction of sp³-hybridized carbons (Fsp3) is 0.538. The highest BCUT2D eigenvalue weighted by molar-refractivity contribution is 7.87. The van der Waals surface area contributed by atoms with Crippen LogP contribution in [0.5, 0.6) is 0 Å². The van der Waals surface area contributed by atoms with Crippen molar-refractivity contribution in [1.82, 2.24) is 9.03 Å². The van der Waals surface area contributed by atoms with E-state index in [4.69, 9.17) is 5.73 Å². The second-order valence-corrected chi connectivity index (χ2v) is 7.07. The maximum Gasteiger partial charge on any atom is 0.280 e. The van der Waals surface area contributed by atoms with E-state index in [1.165, 1.54) is 0 Å². The minimum atomic E-state index is -3.36. The van der Waals surface area contributed by atoms with Crippen LogP contribution >= 0.6 is 0 Å². The van der Waals surface area contributed by atoms with Gasteiger partial charge in [0.2, 0.25) is 0 Å². The lowest BCUT2D eigenvalue weighted by atomic mass is 10.2. The zero-order valence-corrected chi connectivity index (χ0v) is 11.6. The van der Waals surface area contributed by atoms with Crippen molar-refractivity contribution in [1.29, 1.82) is 0 Å². The first-order valence-electron chi connectivity index (χ1n) is 6.68. The molecule has 0 saturated heterocycles. The highest BCUT2D eigenvalue weighted by Gasteiger charge is 2.39. The molecule has 0 atom stereocenters. The molecule has 19 heavy (non-hydrogen) atoms. The summed E-state index contributed by atoms with van der Waals surface area (Å²) >= 11 is 0. The van der Waals surface area contributed by atoms with Crippen molar-refractivity contribution in [2.75, 3.05) is 5.73 Å². The third kappa shape index (κ3) is 3.26. The second kappa shape index (κ2) is 4.77. The molecule has 0 amide bonds. The Balaban J connectivity index is 1.77.